The lowest BCUT2D eigenvalue weighted by Gasteiger charge is -2.09. The fraction of sp³-hybridized carbons (Fsp3) is 0.294. The number of nitrogens with one attached hydrogen (secondary N) is 1. The Morgan fingerprint density at radius 2 is 1.96 bits per heavy atom. The zero-order valence-electron chi connectivity index (χ0n) is 13.2. The van der Waals surface area contributed by atoms with Gasteiger partial charge in [-0.15, -0.1) is 24.0 Å². The number of ether oxygens (including phenoxy) is 1. The lowest BCUT2D eigenvalue weighted by atomic mass is 10.1. The molecule has 6 heteroatoms. The van der Waals surface area contributed by atoms with Crippen molar-refractivity contribution in [3.05, 3.63) is 59.9 Å². The van der Waals surface area contributed by atoms with Crippen molar-refractivity contribution in [1.82, 2.24) is 10.3 Å². The van der Waals surface area contributed by atoms with E-state index >= 15 is 0 Å². The lowest BCUT2D eigenvalue weighted by Crippen LogP contribution is -2.33. The summed E-state index contributed by atoms with van der Waals surface area (Å²) in [5, 5.41) is 3.12. The predicted molar refractivity (Wildman–Crippen MR) is 105 cm³/mol. The second kappa shape index (κ2) is 10.8. The van der Waals surface area contributed by atoms with Gasteiger partial charge in [0.1, 0.15) is 5.75 Å². The van der Waals surface area contributed by atoms with Gasteiger partial charge in [-0.3, -0.25) is 9.98 Å². The average Bonchev–Trinajstić information content (AvgIpc) is 2.56. The molecule has 0 spiro atoms. The van der Waals surface area contributed by atoms with Crippen molar-refractivity contribution >= 4 is 29.9 Å². The van der Waals surface area contributed by atoms with Gasteiger partial charge in [0.25, 0.3) is 0 Å². The van der Waals surface area contributed by atoms with E-state index < -0.39 is 0 Å². The van der Waals surface area contributed by atoms with E-state index in [1.54, 1.807) is 13.3 Å². The van der Waals surface area contributed by atoms with Crippen LogP contribution >= 0.6 is 24.0 Å². The van der Waals surface area contributed by atoms with Gasteiger partial charge in [0.15, 0.2) is 5.96 Å². The summed E-state index contributed by atoms with van der Waals surface area (Å²) in [4.78, 5) is 8.56. The summed E-state index contributed by atoms with van der Waals surface area (Å²) >= 11 is 0. The molecule has 2 rings (SSSR count). The summed E-state index contributed by atoms with van der Waals surface area (Å²) in [6, 6.07) is 13.8. The first-order valence-corrected chi connectivity index (χ1v) is 7.35. The Morgan fingerprint density at radius 3 is 2.70 bits per heavy atom. The first-order chi connectivity index (χ1) is 10.8. The Kier molecular flexibility index (Phi) is 9.04. The van der Waals surface area contributed by atoms with Gasteiger partial charge in [0.2, 0.25) is 0 Å². The predicted octanol–water partition coefficient (Wildman–Crippen LogP) is 2.40. The van der Waals surface area contributed by atoms with Crippen LogP contribution < -0.4 is 15.8 Å². The van der Waals surface area contributed by atoms with E-state index in [0.717, 1.165) is 36.4 Å². The van der Waals surface area contributed by atoms with Gasteiger partial charge < -0.3 is 15.8 Å². The van der Waals surface area contributed by atoms with Gasteiger partial charge in [0.05, 0.1) is 7.11 Å². The summed E-state index contributed by atoms with van der Waals surface area (Å²) in [5.74, 6) is 1.36. The zero-order valence-corrected chi connectivity index (χ0v) is 15.6. The maximum Gasteiger partial charge on any atom is 0.188 e. The Labute approximate surface area is 154 Å². The van der Waals surface area contributed by atoms with Crippen LogP contribution in [0, 0.1) is 0 Å². The molecule has 0 atom stereocenters. The largest absolute Gasteiger partial charge is 0.496 e. The van der Waals surface area contributed by atoms with Gasteiger partial charge in [-0.2, -0.15) is 0 Å². The maximum absolute atomic E-state index is 5.86. The van der Waals surface area contributed by atoms with E-state index in [-0.39, 0.29) is 24.0 Å². The molecule has 124 valence electrons. The molecule has 0 aliphatic rings. The highest BCUT2D eigenvalue weighted by molar-refractivity contribution is 14.0. The molecule has 0 bridgehead atoms. The van der Waals surface area contributed by atoms with Crippen LogP contribution in [0.4, 0.5) is 0 Å². The number of methoxy groups -OCH3 is 1. The molecule has 0 amide bonds. The molecule has 0 saturated carbocycles. The Balaban J connectivity index is 0.00000264. The number of aromatic nitrogens is 1. The third-order valence-corrected chi connectivity index (χ3v) is 3.27. The average molecular weight is 426 g/mol. The van der Waals surface area contributed by atoms with Crippen LogP contribution in [0.15, 0.2) is 53.7 Å². The van der Waals surface area contributed by atoms with Crippen molar-refractivity contribution in [2.45, 2.75) is 12.8 Å². The van der Waals surface area contributed by atoms with Gasteiger partial charge in [-0.05, 0) is 30.2 Å². The minimum Gasteiger partial charge on any atom is -0.496 e. The van der Waals surface area contributed by atoms with E-state index in [1.165, 1.54) is 0 Å². The van der Waals surface area contributed by atoms with Crippen molar-refractivity contribution in [3.8, 4) is 5.75 Å². The van der Waals surface area contributed by atoms with Crippen LogP contribution in [-0.4, -0.2) is 31.1 Å². The fourth-order valence-corrected chi connectivity index (χ4v) is 2.13. The van der Waals surface area contributed by atoms with Crippen molar-refractivity contribution in [2.24, 2.45) is 10.7 Å². The summed E-state index contributed by atoms with van der Waals surface area (Å²) in [6.45, 7) is 1.35. The number of benzene rings is 1. The standard InChI is InChI=1S/C17H22N4O.HI/c1-22-16-8-3-2-6-14(16)9-12-20-17(18)21-13-10-15-7-4-5-11-19-15;/h2-8,11H,9-10,12-13H2,1H3,(H3,18,20,21);1H. The molecule has 0 aliphatic carbocycles. The van der Waals surface area contributed by atoms with E-state index in [2.05, 4.69) is 21.4 Å². The summed E-state index contributed by atoms with van der Waals surface area (Å²) in [7, 11) is 1.68. The van der Waals surface area contributed by atoms with Crippen LogP contribution in [0.1, 0.15) is 11.3 Å². The van der Waals surface area contributed by atoms with Crippen LogP contribution in [0.5, 0.6) is 5.75 Å². The molecule has 0 fully saturated rings. The second-order valence-electron chi connectivity index (χ2n) is 4.83. The Hall–Kier alpha value is -1.83. The second-order valence-corrected chi connectivity index (χ2v) is 4.83. The van der Waals surface area contributed by atoms with Gasteiger partial charge in [-0.1, -0.05) is 24.3 Å². The van der Waals surface area contributed by atoms with Gasteiger partial charge >= 0.3 is 0 Å². The number of hydrogen-bond donors (Lipinski definition) is 2. The third kappa shape index (κ3) is 6.85. The molecule has 0 aliphatic heterocycles. The smallest absolute Gasteiger partial charge is 0.188 e. The van der Waals surface area contributed by atoms with E-state index in [9.17, 15) is 0 Å². The number of rotatable bonds is 7. The molecule has 5 nitrogen and oxygen atoms in total. The molecular formula is C17H23IN4O. The number of para-hydroxylation sites is 1. The number of guanidine groups is 1. The monoisotopic (exact) mass is 426 g/mol. The number of halogens is 1. The number of nitrogens with zero attached hydrogens (tertiary/aromatic N) is 2. The normalized spacial score (nSPS) is 10.7. The molecular weight excluding hydrogens is 403 g/mol. The molecule has 23 heavy (non-hydrogen) atoms. The summed E-state index contributed by atoms with van der Waals surface area (Å²) in [5.41, 5.74) is 8.03. The van der Waals surface area contributed by atoms with Crippen LogP contribution in [0.2, 0.25) is 0 Å². The zero-order chi connectivity index (χ0) is 15.6. The summed E-state index contributed by atoms with van der Waals surface area (Å²) in [6.07, 6.45) is 3.41. The molecule has 3 N–H and O–H groups in total. The van der Waals surface area contributed by atoms with Crippen molar-refractivity contribution in [3.63, 3.8) is 0 Å². The lowest BCUT2D eigenvalue weighted by molar-refractivity contribution is 0.409. The van der Waals surface area contributed by atoms with Crippen LogP contribution in [0.25, 0.3) is 0 Å². The first kappa shape index (κ1) is 19.2. The number of pyridine rings is 1. The molecule has 1 aromatic heterocycles. The minimum atomic E-state index is 0. The topological polar surface area (TPSA) is 72.5 Å². The first-order valence-electron chi connectivity index (χ1n) is 7.35. The number of nitrogens with two attached hydrogens (primary N) is 1. The highest BCUT2D eigenvalue weighted by Gasteiger charge is 2.01. The van der Waals surface area contributed by atoms with E-state index in [1.807, 2.05) is 36.4 Å². The van der Waals surface area contributed by atoms with Crippen molar-refractivity contribution < 1.29 is 4.74 Å². The third-order valence-electron chi connectivity index (χ3n) is 3.27. The minimum absolute atomic E-state index is 0. The van der Waals surface area contributed by atoms with Crippen LogP contribution in [-0.2, 0) is 12.8 Å². The Morgan fingerprint density at radius 1 is 1.17 bits per heavy atom. The summed E-state index contributed by atoms with van der Waals surface area (Å²) < 4.78 is 5.32. The molecule has 1 heterocycles. The number of hydrogen-bond acceptors (Lipinski definition) is 3. The van der Waals surface area contributed by atoms with Crippen LogP contribution in [0.3, 0.4) is 0 Å². The SMILES string of the molecule is COc1ccccc1CCNC(N)=NCCc1ccccn1.I. The van der Waals surface area contributed by atoms with Crippen molar-refractivity contribution in [2.75, 3.05) is 20.2 Å². The van der Waals surface area contributed by atoms with E-state index in [4.69, 9.17) is 10.5 Å². The van der Waals surface area contributed by atoms with Crippen molar-refractivity contribution in [1.29, 1.82) is 0 Å². The highest BCUT2D eigenvalue weighted by atomic mass is 127. The molecule has 0 unspecified atom stereocenters. The molecule has 0 saturated heterocycles. The Bertz CT molecular complexity index is 605. The fourth-order valence-electron chi connectivity index (χ4n) is 2.13. The maximum atomic E-state index is 5.86. The molecule has 2 aromatic rings. The van der Waals surface area contributed by atoms with Gasteiger partial charge in [-0.25, -0.2) is 0 Å². The quantitative estimate of drug-likeness (QED) is 0.405. The molecule has 1 aromatic carbocycles. The number of aliphatic imine (C=N–C) groups is 1. The molecule has 0 radical (unpaired) electrons. The highest BCUT2D eigenvalue weighted by Crippen LogP contribution is 2.17. The van der Waals surface area contributed by atoms with E-state index in [0.29, 0.717) is 12.5 Å². The van der Waals surface area contributed by atoms with Gasteiger partial charge in [0, 0.05) is 31.4 Å².